The van der Waals surface area contributed by atoms with Crippen molar-refractivity contribution in [1.29, 1.82) is 0 Å². The van der Waals surface area contributed by atoms with Crippen molar-refractivity contribution in [2.45, 2.75) is 62.8 Å². The molecule has 3 N–H and O–H groups in total. The van der Waals surface area contributed by atoms with Crippen LogP contribution in [0.1, 0.15) is 33.6 Å². The quantitative estimate of drug-likeness (QED) is 0.237. The van der Waals surface area contributed by atoms with Gasteiger partial charge in [-0.2, -0.15) is 12.6 Å². The maximum absolute atomic E-state index is 12.6. The van der Waals surface area contributed by atoms with Crippen LogP contribution in [0.15, 0.2) is 35.5 Å². The number of esters is 2. The van der Waals surface area contributed by atoms with E-state index in [9.17, 15) is 24.9 Å². The van der Waals surface area contributed by atoms with Gasteiger partial charge in [0.15, 0.2) is 5.60 Å². The predicted octanol–water partition coefficient (Wildman–Crippen LogP) is 1.08. The summed E-state index contributed by atoms with van der Waals surface area (Å²) in [7, 11) is 0. The van der Waals surface area contributed by atoms with Crippen molar-refractivity contribution in [3.8, 4) is 0 Å². The Kier molecular flexibility index (Phi) is 7.14. The molecule has 1 saturated heterocycles. The van der Waals surface area contributed by atoms with Crippen LogP contribution in [0.2, 0.25) is 0 Å². The summed E-state index contributed by atoms with van der Waals surface area (Å²) in [6.07, 6.45) is 1.66. The third-order valence-corrected chi connectivity index (χ3v) is 5.61. The summed E-state index contributed by atoms with van der Waals surface area (Å²) in [5, 5.41) is 29.2. The Morgan fingerprint density at radius 3 is 2.57 bits per heavy atom. The SMILES string of the molecule is C=C1C(=O)O[C@H]2/C=C(\C)C[C@@H](O)/C=C(/C)C[C@@H](OC(=O)[C@@](O)(CO)[C@H](C)S)[C@@H]12. The van der Waals surface area contributed by atoms with Crippen LogP contribution in [-0.2, 0) is 19.1 Å². The van der Waals surface area contributed by atoms with Crippen LogP contribution in [0.25, 0.3) is 0 Å². The van der Waals surface area contributed by atoms with Crippen LogP contribution in [0.4, 0.5) is 0 Å². The number of fused-ring (bicyclic) bond motifs is 1. The summed E-state index contributed by atoms with van der Waals surface area (Å²) in [5.74, 6) is -2.27. The van der Waals surface area contributed by atoms with Gasteiger partial charge in [0.2, 0.25) is 0 Å². The zero-order chi connectivity index (χ0) is 21.2. The molecule has 0 aromatic carbocycles. The van der Waals surface area contributed by atoms with Gasteiger partial charge in [0.25, 0.3) is 0 Å². The molecule has 156 valence electrons. The van der Waals surface area contributed by atoms with Crippen LogP contribution < -0.4 is 0 Å². The Balaban J connectivity index is 2.43. The van der Waals surface area contributed by atoms with Crippen LogP contribution in [0.5, 0.6) is 0 Å². The summed E-state index contributed by atoms with van der Waals surface area (Å²) in [4.78, 5) is 24.8. The van der Waals surface area contributed by atoms with Gasteiger partial charge in [0.05, 0.1) is 18.6 Å². The van der Waals surface area contributed by atoms with Crippen LogP contribution >= 0.6 is 12.6 Å². The van der Waals surface area contributed by atoms with E-state index < -0.39 is 53.6 Å². The zero-order valence-corrected chi connectivity index (χ0v) is 17.2. The Bertz CT molecular complexity index is 711. The molecule has 0 saturated carbocycles. The lowest BCUT2D eigenvalue weighted by atomic mass is 9.85. The van der Waals surface area contributed by atoms with E-state index in [2.05, 4.69) is 19.2 Å². The monoisotopic (exact) mass is 412 g/mol. The van der Waals surface area contributed by atoms with Gasteiger partial charge in [-0.05, 0) is 26.3 Å². The average Bonchev–Trinajstić information content (AvgIpc) is 2.85. The van der Waals surface area contributed by atoms with E-state index in [1.165, 1.54) is 6.92 Å². The van der Waals surface area contributed by atoms with E-state index in [0.717, 1.165) is 11.1 Å². The van der Waals surface area contributed by atoms with Crippen LogP contribution in [-0.4, -0.2) is 63.0 Å². The minimum absolute atomic E-state index is 0.173. The van der Waals surface area contributed by atoms with Crippen molar-refractivity contribution in [1.82, 2.24) is 0 Å². The molecular weight excluding hydrogens is 384 g/mol. The molecule has 1 heterocycles. The smallest absolute Gasteiger partial charge is 0.342 e. The van der Waals surface area contributed by atoms with E-state index in [0.29, 0.717) is 6.42 Å². The van der Waals surface area contributed by atoms with Crippen molar-refractivity contribution in [3.05, 3.63) is 35.5 Å². The lowest BCUT2D eigenvalue weighted by Crippen LogP contribution is -2.52. The Labute approximate surface area is 170 Å². The molecule has 0 aromatic heterocycles. The van der Waals surface area contributed by atoms with Crippen LogP contribution in [0.3, 0.4) is 0 Å². The number of hydrogen-bond donors (Lipinski definition) is 4. The molecule has 1 fully saturated rings. The molecule has 2 rings (SSSR count). The standard InChI is InChI=1S/C20H28O7S/c1-10-5-14(22)6-11(2)8-16(17-12(3)18(23)26-15(17)7-10)27-19(24)20(25,9-21)13(4)28/h6-7,13-17,21-22,25,28H,3,5,8-9H2,1-2,4H3/b10-7+,11-6-/t13-,14+,15-,16+,17-,20+/m0/s1. The van der Waals surface area contributed by atoms with Crippen LogP contribution in [0, 0.1) is 5.92 Å². The summed E-state index contributed by atoms with van der Waals surface area (Å²) >= 11 is 4.07. The van der Waals surface area contributed by atoms with Gasteiger partial charge >= 0.3 is 11.9 Å². The lowest BCUT2D eigenvalue weighted by molar-refractivity contribution is -0.177. The maximum Gasteiger partial charge on any atom is 0.342 e. The maximum atomic E-state index is 12.6. The molecule has 6 atom stereocenters. The van der Waals surface area contributed by atoms with Crippen molar-refractivity contribution < 1.29 is 34.4 Å². The van der Waals surface area contributed by atoms with Gasteiger partial charge in [-0.1, -0.05) is 30.7 Å². The van der Waals surface area contributed by atoms with Gasteiger partial charge < -0.3 is 24.8 Å². The highest BCUT2D eigenvalue weighted by molar-refractivity contribution is 7.81. The molecular formula is C20H28O7S. The van der Waals surface area contributed by atoms with Crippen molar-refractivity contribution in [2.24, 2.45) is 5.92 Å². The highest BCUT2D eigenvalue weighted by Crippen LogP contribution is 2.37. The molecule has 0 radical (unpaired) electrons. The second kappa shape index (κ2) is 8.82. The number of carbonyl (C=O) groups excluding carboxylic acids is 2. The number of aliphatic hydroxyl groups excluding tert-OH is 2. The Morgan fingerprint density at radius 1 is 1.39 bits per heavy atom. The molecule has 0 amide bonds. The topological polar surface area (TPSA) is 113 Å². The first kappa shape index (κ1) is 22.7. The molecule has 8 heteroatoms. The third-order valence-electron chi connectivity index (χ3n) is 5.19. The molecule has 1 aliphatic carbocycles. The second-order valence-electron chi connectivity index (χ2n) is 7.62. The average molecular weight is 413 g/mol. The van der Waals surface area contributed by atoms with Gasteiger partial charge in [-0.25, -0.2) is 9.59 Å². The predicted molar refractivity (Wildman–Crippen MR) is 106 cm³/mol. The molecule has 0 spiro atoms. The third kappa shape index (κ3) is 4.68. The van der Waals surface area contributed by atoms with E-state index in [4.69, 9.17) is 9.47 Å². The summed E-state index contributed by atoms with van der Waals surface area (Å²) in [6, 6.07) is 0. The highest BCUT2D eigenvalue weighted by atomic mass is 32.1. The largest absolute Gasteiger partial charge is 0.459 e. The molecule has 0 unspecified atom stereocenters. The van der Waals surface area contributed by atoms with Crippen molar-refractivity contribution in [2.75, 3.05) is 6.61 Å². The Morgan fingerprint density at radius 2 is 2.00 bits per heavy atom. The summed E-state index contributed by atoms with van der Waals surface area (Å²) in [5.41, 5.74) is -0.455. The van der Waals surface area contributed by atoms with E-state index in [1.54, 1.807) is 19.1 Å². The molecule has 28 heavy (non-hydrogen) atoms. The van der Waals surface area contributed by atoms with Crippen molar-refractivity contribution >= 4 is 24.6 Å². The number of thiol groups is 1. The van der Waals surface area contributed by atoms with E-state index in [-0.39, 0.29) is 12.0 Å². The first-order chi connectivity index (χ1) is 13.0. The molecule has 7 nitrogen and oxygen atoms in total. The number of carbonyl (C=O) groups is 2. The molecule has 2 aliphatic rings. The normalized spacial score (nSPS) is 35.4. The van der Waals surface area contributed by atoms with E-state index >= 15 is 0 Å². The van der Waals surface area contributed by atoms with Gasteiger partial charge in [-0.15, -0.1) is 0 Å². The Hall–Kier alpha value is -1.61. The fourth-order valence-electron chi connectivity index (χ4n) is 3.48. The fraction of sp³-hybridized carbons (Fsp3) is 0.600. The van der Waals surface area contributed by atoms with Gasteiger partial charge in [0, 0.05) is 17.2 Å². The molecule has 0 bridgehead atoms. The summed E-state index contributed by atoms with van der Waals surface area (Å²) < 4.78 is 11.0. The number of rotatable bonds is 4. The number of hydrogen-bond acceptors (Lipinski definition) is 8. The number of aliphatic hydroxyl groups is 3. The fourth-order valence-corrected chi connectivity index (χ4v) is 3.67. The second-order valence-corrected chi connectivity index (χ2v) is 8.40. The minimum atomic E-state index is -2.19. The van der Waals surface area contributed by atoms with Gasteiger partial charge in [-0.3, -0.25) is 0 Å². The highest BCUT2D eigenvalue weighted by Gasteiger charge is 2.48. The molecule has 0 aromatic rings. The lowest BCUT2D eigenvalue weighted by Gasteiger charge is -2.32. The molecule has 1 aliphatic heterocycles. The first-order valence-corrected chi connectivity index (χ1v) is 9.66. The van der Waals surface area contributed by atoms with Crippen molar-refractivity contribution in [3.63, 3.8) is 0 Å². The van der Waals surface area contributed by atoms with E-state index in [1.807, 2.05) is 6.92 Å². The first-order valence-electron chi connectivity index (χ1n) is 9.14. The number of ether oxygens (including phenoxy) is 2. The zero-order valence-electron chi connectivity index (χ0n) is 16.3. The summed E-state index contributed by atoms with van der Waals surface area (Å²) in [6.45, 7) is 7.99. The minimum Gasteiger partial charge on any atom is -0.459 e. The van der Waals surface area contributed by atoms with Gasteiger partial charge in [0.1, 0.15) is 12.2 Å².